The van der Waals surface area contributed by atoms with Crippen LogP contribution in [0.1, 0.15) is 27.9 Å². The van der Waals surface area contributed by atoms with Crippen molar-refractivity contribution in [3.63, 3.8) is 0 Å². The van der Waals surface area contributed by atoms with Crippen molar-refractivity contribution in [2.75, 3.05) is 36.1 Å². The third kappa shape index (κ3) is 4.91. The summed E-state index contributed by atoms with van der Waals surface area (Å²) < 4.78 is 30.5. The molecule has 3 rings (SSSR count). The number of hydrogen-bond donors (Lipinski definition) is 2. The smallest absolute Gasteiger partial charge is 0.251 e. The average Bonchev–Trinajstić information content (AvgIpc) is 2.70. The van der Waals surface area contributed by atoms with Crippen LogP contribution in [0.5, 0.6) is 5.75 Å². The Balaban J connectivity index is 1.66. The van der Waals surface area contributed by atoms with E-state index in [1.54, 1.807) is 30.3 Å². The first-order valence-corrected chi connectivity index (χ1v) is 11.4. The first-order chi connectivity index (χ1) is 14.2. The van der Waals surface area contributed by atoms with E-state index in [2.05, 4.69) is 10.6 Å². The van der Waals surface area contributed by atoms with Gasteiger partial charge in [-0.15, -0.1) is 0 Å². The molecule has 0 fully saturated rings. The number of hydrogen-bond acceptors (Lipinski definition) is 5. The van der Waals surface area contributed by atoms with Crippen LogP contribution in [0.2, 0.25) is 0 Å². The summed E-state index contributed by atoms with van der Waals surface area (Å²) in [4.78, 5) is 24.8. The molecule has 1 aliphatic heterocycles. The minimum atomic E-state index is -3.36. The second-order valence-electron chi connectivity index (χ2n) is 7.22. The lowest BCUT2D eigenvalue weighted by atomic mass is 10.0. The monoisotopic (exact) mass is 431 g/mol. The Labute approximate surface area is 176 Å². The fraction of sp³-hybridized carbons (Fsp3) is 0.333. The van der Waals surface area contributed by atoms with Crippen molar-refractivity contribution in [2.45, 2.75) is 19.8 Å². The highest BCUT2D eigenvalue weighted by Crippen LogP contribution is 2.30. The molecule has 0 saturated heterocycles. The number of amides is 2. The van der Waals surface area contributed by atoms with Gasteiger partial charge >= 0.3 is 0 Å². The summed E-state index contributed by atoms with van der Waals surface area (Å²) in [6.45, 7) is 2.13. The van der Waals surface area contributed by atoms with Gasteiger partial charge in [-0.05, 0) is 61.2 Å². The van der Waals surface area contributed by atoms with Gasteiger partial charge in [-0.25, -0.2) is 8.42 Å². The van der Waals surface area contributed by atoms with Crippen LogP contribution < -0.4 is 19.7 Å². The van der Waals surface area contributed by atoms with Gasteiger partial charge in [-0.3, -0.25) is 13.9 Å². The number of aryl methyl sites for hydroxylation is 2. The Morgan fingerprint density at radius 3 is 2.63 bits per heavy atom. The average molecular weight is 432 g/mol. The molecule has 2 aromatic rings. The minimum absolute atomic E-state index is 0.206. The molecule has 0 saturated carbocycles. The Morgan fingerprint density at radius 1 is 1.17 bits per heavy atom. The highest BCUT2D eigenvalue weighted by Gasteiger charge is 2.24. The van der Waals surface area contributed by atoms with E-state index in [1.165, 1.54) is 17.7 Å². The summed E-state index contributed by atoms with van der Waals surface area (Å²) in [5.74, 6) is -0.250. The van der Waals surface area contributed by atoms with Gasteiger partial charge in [0.05, 0.1) is 31.3 Å². The van der Waals surface area contributed by atoms with Gasteiger partial charge in [0, 0.05) is 12.1 Å². The van der Waals surface area contributed by atoms with E-state index in [0.717, 1.165) is 11.1 Å². The molecule has 0 spiro atoms. The van der Waals surface area contributed by atoms with Gasteiger partial charge in [0.15, 0.2) is 0 Å². The van der Waals surface area contributed by atoms with E-state index in [4.69, 9.17) is 4.74 Å². The van der Waals surface area contributed by atoms with Gasteiger partial charge in [0.2, 0.25) is 15.9 Å². The van der Waals surface area contributed by atoms with E-state index in [-0.39, 0.29) is 12.5 Å². The van der Waals surface area contributed by atoms with Gasteiger partial charge in [0.25, 0.3) is 5.91 Å². The third-order valence-electron chi connectivity index (χ3n) is 4.86. The highest BCUT2D eigenvalue weighted by atomic mass is 32.2. The molecule has 2 N–H and O–H groups in total. The maximum absolute atomic E-state index is 12.5. The van der Waals surface area contributed by atoms with Crippen LogP contribution in [-0.2, 0) is 21.2 Å². The molecule has 0 atom stereocenters. The number of methoxy groups -OCH3 is 1. The predicted molar refractivity (Wildman–Crippen MR) is 116 cm³/mol. The molecule has 0 unspecified atom stereocenters. The molecule has 0 radical (unpaired) electrons. The molecule has 2 aromatic carbocycles. The first-order valence-electron chi connectivity index (χ1n) is 9.52. The summed E-state index contributed by atoms with van der Waals surface area (Å²) in [5.41, 5.74) is 3.28. The van der Waals surface area contributed by atoms with Crippen molar-refractivity contribution in [1.29, 1.82) is 0 Å². The van der Waals surface area contributed by atoms with Gasteiger partial charge < -0.3 is 15.4 Å². The normalized spacial score (nSPS) is 13.4. The van der Waals surface area contributed by atoms with Gasteiger partial charge in [-0.1, -0.05) is 6.07 Å². The summed E-state index contributed by atoms with van der Waals surface area (Å²) in [7, 11) is -1.85. The standard InChI is InChI=1S/C21H25N3O5S/c1-14-6-9-19(29-2)17(11-14)23-20(25)13-22-21(26)16-7-8-18-15(12-16)5-4-10-24(18)30(3,27)28/h6-9,11-12H,4-5,10,13H2,1-3H3,(H,22,26)(H,23,25). The minimum Gasteiger partial charge on any atom is -0.495 e. The third-order valence-corrected chi connectivity index (χ3v) is 6.04. The van der Waals surface area contributed by atoms with E-state index >= 15 is 0 Å². The van der Waals surface area contributed by atoms with Gasteiger partial charge in [0.1, 0.15) is 5.75 Å². The SMILES string of the molecule is COc1ccc(C)cc1NC(=O)CNC(=O)c1ccc2c(c1)CCCN2S(C)(=O)=O. The largest absolute Gasteiger partial charge is 0.495 e. The van der Waals surface area contributed by atoms with E-state index < -0.39 is 15.9 Å². The van der Waals surface area contributed by atoms with Crippen molar-refractivity contribution >= 4 is 33.2 Å². The molecule has 0 aliphatic carbocycles. The molecular formula is C21H25N3O5S. The number of nitrogens with one attached hydrogen (secondary N) is 2. The second-order valence-corrected chi connectivity index (χ2v) is 9.12. The highest BCUT2D eigenvalue weighted by molar-refractivity contribution is 7.92. The van der Waals surface area contributed by atoms with Crippen LogP contribution in [0.4, 0.5) is 11.4 Å². The maximum atomic E-state index is 12.5. The fourth-order valence-electron chi connectivity index (χ4n) is 3.42. The molecule has 30 heavy (non-hydrogen) atoms. The molecule has 9 heteroatoms. The van der Waals surface area contributed by atoms with E-state index in [9.17, 15) is 18.0 Å². The molecule has 0 bridgehead atoms. The molecule has 160 valence electrons. The molecule has 0 aromatic heterocycles. The Bertz CT molecular complexity index is 1080. The Kier molecular flexibility index (Phi) is 6.31. The van der Waals surface area contributed by atoms with Crippen molar-refractivity contribution in [3.8, 4) is 5.75 Å². The number of nitrogens with zero attached hydrogens (tertiary/aromatic N) is 1. The summed E-state index contributed by atoms with van der Waals surface area (Å²) in [6, 6.07) is 10.3. The molecule has 1 heterocycles. The first kappa shape index (κ1) is 21.6. The number of anilines is 2. The summed E-state index contributed by atoms with van der Waals surface area (Å²) >= 11 is 0. The zero-order valence-electron chi connectivity index (χ0n) is 17.2. The fourth-order valence-corrected chi connectivity index (χ4v) is 4.42. The van der Waals surface area contributed by atoms with Crippen molar-refractivity contribution in [2.24, 2.45) is 0 Å². The number of rotatable bonds is 6. The topological polar surface area (TPSA) is 105 Å². The number of fused-ring (bicyclic) bond motifs is 1. The van der Waals surface area contributed by atoms with Crippen LogP contribution in [-0.4, -0.2) is 46.7 Å². The van der Waals surface area contributed by atoms with E-state index in [0.29, 0.717) is 42.1 Å². The summed E-state index contributed by atoms with van der Waals surface area (Å²) in [5, 5.41) is 5.33. The number of sulfonamides is 1. The number of carbonyl (C=O) groups is 2. The lowest BCUT2D eigenvalue weighted by Crippen LogP contribution is -2.35. The summed E-state index contributed by atoms with van der Waals surface area (Å²) in [6.07, 6.45) is 2.55. The van der Waals surface area contributed by atoms with Crippen LogP contribution in [0.25, 0.3) is 0 Å². The van der Waals surface area contributed by atoms with Crippen LogP contribution in [0, 0.1) is 6.92 Å². The van der Waals surface area contributed by atoms with Crippen molar-refractivity contribution < 1.29 is 22.7 Å². The quantitative estimate of drug-likeness (QED) is 0.729. The van der Waals surface area contributed by atoms with Gasteiger partial charge in [-0.2, -0.15) is 0 Å². The van der Waals surface area contributed by atoms with Crippen molar-refractivity contribution in [1.82, 2.24) is 5.32 Å². The Hall–Kier alpha value is -3.07. The lowest BCUT2D eigenvalue weighted by molar-refractivity contribution is -0.115. The molecule has 8 nitrogen and oxygen atoms in total. The number of carbonyl (C=O) groups excluding carboxylic acids is 2. The predicted octanol–water partition coefficient (Wildman–Crippen LogP) is 2.08. The van der Waals surface area contributed by atoms with E-state index in [1.807, 2.05) is 13.0 Å². The zero-order valence-corrected chi connectivity index (χ0v) is 18.0. The van der Waals surface area contributed by atoms with Crippen LogP contribution in [0.15, 0.2) is 36.4 Å². The number of ether oxygens (including phenoxy) is 1. The molecular weight excluding hydrogens is 406 g/mol. The van der Waals surface area contributed by atoms with Crippen molar-refractivity contribution in [3.05, 3.63) is 53.1 Å². The molecule has 2 amide bonds. The maximum Gasteiger partial charge on any atom is 0.251 e. The second kappa shape index (κ2) is 8.74. The number of benzene rings is 2. The molecule has 1 aliphatic rings. The Morgan fingerprint density at radius 2 is 1.93 bits per heavy atom. The van der Waals surface area contributed by atoms with Crippen LogP contribution in [0.3, 0.4) is 0 Å². The lowest BCUT2D eigenvalue weighted by Gasteiger charge is -2.29. The van der Waals surface area contributed by atoms with Crippen LogP contribution >= 0.6 is 0 Å². The zero-order chi connectivity index (χ0) is 21.9.